The van der Waals surface area contributed by atoms with E-state index in [1.54, 1.807) is 0 Å². The molecular formula is C13H26N2. The second kappa shape index (κ2) is 4.06. The Kier molecular flexibility index (Phi) is 3.09. The Morgan fingerprint density at radius 3 is 2.20 bits per heavy atom. The maximum Gasteiger partial charge on any atom is 0.0240 e. The van der Waals surface area contributed by atoms with Crippen LogP contribution in [0.5, 0.6) is 0 Å². The van der Waals surface area contributed by atoms with Crippen molar-refractivity contribution >= 4 is 0 Å². The van der Waals surface area contributed by atoms with Crippen molar-refractivity contribution in [2.24, 2.45) is 5.41 Å². The molecular weight excluding hydrogens is 184 g/mol. The molecule has 0 aromatic rings. The number of nitrogens with one attached hydrogen (secondary N) is 1. The molecule has 2 nitrogen and oxygen atoms in total. The van der Waals surface area contributed by atoms with Crippen LogP contribution in [-0.2, 0) is 0 Å². The van der Waals surface area contributed by atoms with Crippen molar-refractivity contribution in [2.75, 3.05) is 0 Å². The zero-order valence-electron chi connectivity index (χ0n) is 10.7. The number of hydrogen-bond donors (Lipinski definition) is 1. The number of hydrazine groups is 1. The zero-order chi connectivity index (χ0) is 11.1. The number of piperidine rings is 1. The second-order valence-corrected chi connectivity index (χ2v) is 6.04. The Balaban J connectivity index is 1.91. The van der Waals surface area contributed by atoms with Gasteiger partial charge in [0.25, 0.3) is 0 Å². The van der Waals surface area contributed by atoms with Crippen molar-refractivity contribution in [2.45, 2.75) is 77.9 Å². The van der Waals surface area contributed by atoms with Gasteiger partial charge in [-0.2, -0.15) is 0 Å². The van der Waals surface area contributed by atoms with Crippen LogP contribution in [0.25, 0.3) is 0 Å². The van der Waals surface area contributed by atoms with Crippen LogP contribution in [0.15, 0.2) is 0 Å². The Bertz CT molecular complexity index is 213. The lowest BCUT2D eigenvalue weighted by Crippen LogP contribution is -2.56. The molecule has 1 aliphatic heterocycles. The summed E-state index contributed by atoms with van der Waals surface area (Å²) >= 11 is 0. The highest BCUT2D eigenvalue weighted by Gasteiger charge is 2.43. The van der Waals surface area contributed by atoms with Crippen molar-refractivity contribution in [3.63, 3.8) is 0 Å². The summed E-state index contributed by atoms with van der Waals surface area (Å²) in [6, 6.07) is 2.05. The summed E-state index contributed by atoms with van der Waals surface area (Å²) in [7, 11) is 0. The van der Waals surface area contributed by atoms with Crippen LogP contribution in [0.3, 0.4) is 0 Å². The van der Waals surface area contributed by atoms with E-state index in [-0.39, 0.29) is 0 Å². The van der Waals surface area contributed by atoms with Crippen LogP contribution < -0.4 is 5.43 Å². The summed E-state index contributed by atoms with van der Waals surface area (Å²) in [4.78, 5) is 0. The molecule has 0 aromatic carbocycles. The van der Waals surface area contributed by atoms with E-state index in [2.05, 4.69) is 38.1 Å². The third-order valence-corrected chi connectivity index (χ3v) is 4.62. The molecule has 1 heterocycles. The summed E-state index contributed by atoms with van der Waals surface area (Å²) in [5, 5.41) is 2.51. The molecule has 0 amide bonds. The molecule has 88 valence electrons. The van der Waals surface area contributed by atoms with Gasteiger partial charge >= 0.3 is 0 Å². The van der Waals surface area contributed by atoms with Crippen molar-refractivity contribution in [1.82, 2.24) is 10.4 Å². The van der Waals surface area contributed by atoms with Crippen LogP contribution >= 0.6 is 0 Å². The van der Waals surface area contributed by atoms with E-state index in [4.69, 9.17) is 0 Å². The van der Waals surface area contributed by atoms with Gasteiger partial charge in [-0.15, -0.1) is 0 Å². The van der Waals surface area contributed by atoms with Gasteiger partial charge in [0.05, 0.1) is 0 Å². The number of rotatable bonds is 3. The van der Waals surface area contributed by atoms with Gasteiger partial charge in [0.2, 0.25) is 0 Å². The standard InChI is InChI=1S/C13H26N2/c1-10-6-5-7-11(2)15(10)14-12(3)13(4)8-9-13/h10-12,14H,5-9H2,1-4H3. The average Bonchev–Trinajstić information content (AvgIpc) is 2.91. The highest BCUT2D eigenvalue weighted by atomic mass is 15.5. The van der Waals surface area contributed by atoms with E-state index in [1.165, 1.54) is 32.1 Å². The minimum atomic E-state index is 0.580. The fraction of sp³-hybridized carbons (Fsp3) is 1.00. The summed E-state index contributed by atoms with van der Waals surface area (Å²) in [5.41, 5.74) is 4.33. The lowest BCUT2D eigenvalue weighted by molar-refractivity contribution is 0.0207. The molecule has 2 aliphatic rings. The molecule has 2 fully saturated rings. The van der Waals surface area contributed by atoms with Gasteiger partial charge in [-0.25, -0.2) is 5.01 Å². The first-order valence-electron chi connectivity index (χ1n) is 6.57. The monoisotopic (exact) mass is 210 g/mol. The number of nitrogens with zero attached hydrogens (tertiary/aromatic N) is 1. The third kappa shape index (κ3) is 2.36. The maximum atomic E-state index is 3.75. The lowest BCUT2D eigenvalue weighted by atomic mass is 9.98. The van der Waals surface area contributed by atoms with Crippen molar-refractivity contribution < 1.29 is 0 Å². The fourth-order valence-electron chi connectivity index (χ4n) is 2.69. The highest BCUT2D eigenvalue weighted by molar-refractivity contribution is 4.96. The van der Waals surface area contributed by atoms with Crippen molar-refractivity contribution in [3.05, 3.63) is 0 Å². The summed E-state index contributed by atoms with van der Waals surface area (Å²) in [6.07, 6.45) is 6.89. The molecule has 1 saturated carbocycles. The molecule has 0 aromatic heterocycles. The molecule has 2 rings (SSSR count). The Hall–Kier alpha value is -0.0800. The second-order valence-electron chi connectivity index (χ2n) is 6.04. The van der Waals surface area contributed by atoms with Crippen LogP contribution in [0.2, 0.25) is 0 Å². The lowest BCUT2D eigenvalue weighted by Gasteiger charge is -2.42. The normalized spacial score (nSPS) is 37.6. The van der Waals surface area contributed by atoms with Gasteiger partial charge in [0.1, 0.15) is 0 Å². The summed E-state index contributed by atoms with van der Waals surface area (Å²) in [6.45, 7) is 9.46. The highest BCUT2D eigenvalue weighted by Crippen LogP contribution is 2.48. The predicted molar refractivity (Wildman–Crippen MR) is 64.6 cm³/mol. The molecule has 0 radical (unpaired) electrons. The Morgan fingerprint density at radius 1 is 1.20 bits per heavy atom. The maximum absolute atomic E-state index is 3.75. The molecule has 3 unspecified atom stereocenters. The van der Waals surface area contributed by atoms with E-state index >= 15 is 0 Å². The Labute approximate surface area is 94.4 Å². The van der Waals surface area contributed by atoms with Crippen LogP contribution in [0, 0.1) is 5.41 Å². The summed E-state index contributed by atoms with van der Waals surface area (Å²) < 4.78 is 0. The first-order valence-corrected chi connectivity index (χ1v) is 6.57. The largest absolute Gasteiger partial charge is 0.251 e. The summed E-state index contributed by atoms with van der Waals surface area (Å²) in [5.74, 6) is 0. The van der Waals surface area contributed by atoms with E-state index in [9.17, 15) is 0 Å². The van der Waals surface area contributed by atoms with Gasteiger partial charge < -0.3 is 0 Å². The van der Waals surface area contributed by atoms with E-state index in [0.29, 0.717) is 23.5 Å². The van der Waals surface area contributed by atoms with Crippen LogP contribution in [0.4, 0.5) is 0 Å². The SMILES string of the molecule is CC1CCCC(C)N1NC(C)C1(C)CC1. The van der Waals surface area contributed by atoms with Crippen LogP contribution in [0.1, 0.15) is 59.8 Å². The fourth-order valence-corrected chi connectivity index (χ4v) is 2.69. The quantitative estimate of drug-likeness (QED) is 0.770. The molecule has 2 heteroatoms. The minimum absolute atomic E-state index is 0.580. The molecule has 15 heavy (non-hydrogen) atoms. The average molecular weight is 210 g/mol. The Morgan fingerprint density at radius 2 is 1.73 bits per heavy atom. The molecule has 1 N–H and O–H groups in total. The topological polar surface area (TPSA) is 15.3 Å². The van der Waals surface area contributed by atoms with E-state index in [0.717, 1.165) is 0 Å². The van der Waals surface area contributed by atoms with Crippen LogP contribution in [-0.4, -0.2) is 23.1 Å². The smallest absolute Gasteiger partial charge is 0.0240 e. The van der Waals surface area contributed by atoms with E-state index < -0.39 is 0 Å². The molecule has 3 atom stereocenters. The number of hydrogen-bond acceptors (Lipinski definition) is 2. The van der Waals surface area contributed by atoms with Gasteiger partial charge in [-0.3, -0.25) is 5.43 Å². The first kappa shape index (κ1) is 11.4. The minimum Gasteiger partial charge on any atom is -0.251 e. The molecule has 1 aliphatic carbocycles. The molecule has 1 saturated heterocycles. The van der Waals surface area contributed by atoms with E-state index in [1.807, 2.05) is 0 Å². The van der Waals surface area contributed by atoms with Crippen molar-refractivity contribution in [1.29, 1.82) is 0 Å². The molecule has 0 spiro atoms. The molecule has 0 bridgehead atoms. The first-order chi connectivity index (χ1) is 7.03. The van der Waals surface area contributed by atoms with Crippen molar-refractivity contribution in [3.8, 4) is 0 Å². The van der Waals surface area contributed by atoms with Gasteiger partial charge in [-0.05, 0) is 51.9 Å². The van der Waals surface area contributed by atoms with Gasteiger partial charge in [0, 0.05) is 18.1 Å². The predicted octanol–water partition coefficient (Wildman–Crippen LogP) is 2.94. The third-order valence-electron chi connectivity index (χ3n) is 4.62. The van der Waals surface area contributed by atoms with Gasteiger partial charge in [0.15, 0.2) is 0 Å². The zero-order valence-corrected chi connectivity index (χ0v) is 10.7. The van der Waals surface area contributed by atoms with Gasteiger partial charge in [-0.1, -0.05) is 13.3 Å².